The van der Waals surface area contributed by atoms with Crippen molar-refractivity contribution in [1.29, 1.82) is 0 Å². The third-order valence-electron chi connectivity index (χ3n) is 6.62. The van der Waals surface area contributed by atoms with Crippen LogP contribution in [-0.2, 0) is 26.5 Å². The van der Waals surface area contributed by atoms with Crippen molar-refractivity contribution in [3.63, 3.8) is 0 Å². The minimum absolute atomic E-state index is 0.0231. The monoisotopic (exact) mass is 560 g/mol. The molecule has 0 radical (unpaired) electrons. The van der Waals surface area contributed by atoms with Gasteiger partial charge in [0.1, 0.15) is 17.2 Å². The van der Waals surface area contributed by atoms with Gasteiger partial charge in [-0.05, 0) is 36.4 Å². The molecule has 5 rings (SSSR count). The largest absolute Gasteiger partial charge is 0.497 e. The van der Waals surface area contributed by atoms with Crippen molar-refractivity contribution >= 4 is 23.5 Å². The summed E-state index contributed by atoms with van der Waals surface area (Å²) in [4.78, 5) is 41.3. The molecule has 2 aliphatic heterocycles. The molecule has 1 spiro atoms. The summed E-state index contributed by atoms with van der Waals surface area (Å²) in [5.41, 5.74) is 0.659. The Morgan fingerprint density at radius 2 is 1.70 bits per heavy atom. The summed E-state index contributed by atoms with van der Waals surface area (Å²) in [6.45, 7) is 1.44. The van der Waals surface area contributed by atoms with E-state index in [9.17, 15) is 22.8 Å². The predicted molar refractivity (Wildman–Crippen MR) is 136 cm³/mol. The van der Waals surface area contributed by atoms with Crippen LogP contribution >= 0.6 is 0 Å². The van der Waals surface area contributed by atoms with Crippen LogP contribution in [0, 0.1) is 0 Å². The van der Waals surface area contributed by atoms with Gasteiger partial charge in [0.15, 0.2) is 6.10 Å². The van der Waals surface area contributed by atoms with Gasteiger partial charge in [-0.1, -0.05) is 18.2 Å². The fourth-order valence-electron chi connectivity index (χ4n) is 4.61. The molecule has 1 saturated heterocycles. The summed E-state index contributed by atoms with van der Waals surface area (Å²) in [6, 6.07) is 16.5. The number of carboxylic acids is 1. The third kappa shape index (κ3) is 6.42. The molecule has 212 valence electrons. The number of para-hydroxylation sites is 1. The molecule has 0 bridgehead atoms. The first-order valence-corrected chi connectivity index (χ1v) is 12.3. The Labute approximate surface area is 227 Å². The van der Waals surface area contributed by atoms with Crippen molar-refractivity contribution in [2.75, 3.05) is 25.5 Å². The highest BCUT2D eigenvalue weighted by Gasteiger charge is 2.47. The van der Waals surface area contributed by atoms with E-state index in [4.69, 9.17) is 19.4 Å². The maximum atomic E-state index is 13.0. The number of aromatic nitrogens is 2. The Morgan fingerprint density at radius 3 is 2.27 bits per heavy atom. The van der Waals surface area contributed by atoms with Crippen molar-refractivity contribution < 1.29 is 42.1 Å². The normalized spacial score (nSPS) is 17.7. The molecule has 2 amide bonds. The topological polar surface area (TPSA) is 123 Å². The fourth-order valence-corrected chi connectivity index (χ4v) is 4.61. The Kier molecular flexibility index (Phi) is 8.43. The molecule has 40 heavy (non-hydrogen) atoms. The van der Waals surface area contributed by atoms with Crippen molar-refractivity contribution in [3.05, 3.63) is 78.4 Å². The van der Waals surface area contributed by atoms with E-state index in [0.717, 1.165) is 11.5 Å². The highest BCUT2D eigenvalue weighted by molar-refractivity contribution is 5.95. The number of carbonyl (C=O) groups is 3. The standard InChI is InChI=1S/C25H26N4O4.C2HF3O2/c1-32-20-9-7-18(8-10-20)23(31)28-14-11-25(12-15-28)24-26-13-16-29(24)17-21(33-25)22(30)27-19-5-3-2-4-6-19;3-2(4,5)1(6)7/h2-10,13,16,21H,11-12,14-15,17H2,1H3,(H,27,30);(H,6,7). The number of hydrogen-bond donors (Lipinski definition) is 2. The molecule has 0 saturated carbocycles. The van der Waals surface area contributed by atoms with E-state index < -0.39 is 23.9 Å². The molecule has 1 atom stereocenters. The number of fused-ring (bicyclic) bond motifs is 2. The van der Waals surface area contributed by atoms with Gasteiger partial charge in [-0.2, -0.15) is 13.2 Å². The van der Waals surface area contributed by atoms with E-state index in [1.165, 1.54) is 0 Å². The molecule has 2 aromatic carbocycles. The van der Waals surface area contributed by atoms with Crippen LogP contribution in [0.1, 0.15) is 29.0 Å². The van der Waals surface area contributed by atoms with Gasteiger partial charge in [-0.3, -0.25) is 9.59 Å². The second-order valence-electron chi connectivity index (χ2n) is 9.18. The van der Waals surface area contributed by atoms with Gasteiger partial charge in [0.2, 0.25) is 0 Å². The molecule has 2 aliphatic rings. The number of piperidine rings is 1. The summed E-state index contributed by atoms with van der Waals surface area (Å²) < 4.78 is 45.4. The number of imidazole rings is 1. The van der Waals surface area contributed by atoms with E-state index in [2.05, 4.69) is 10.3 Å². The van der Waals surface area contributed by atoms with E-state index in [1.54, 1.807) is 37.6 Å². The first kappa shape index (κ1) is 28.6. The number of anilines is 1. The van der Waals surface area contributed by atoms with Crippen LogP contribution in [0.5, 0.6) is 5.75 Å². The van der Waals surface area contributed by atoms with Crippen LogP contribution in [0.15, 0.2) is 67.0 Å². The van der Waals surface area contributed by atoms with Crippen molar-refractivity contribution in [2.45, 2.75) is 37.3 Å². The lowest BCUT2D eigenvalue weighted by Gasteiger charge is -2.45. The van der Waals surface area contributed by atoms with Gasteiger partial charge >= 0.3 is 12.1 Å². The van der Waals surface area contributed by atoms with Crippen molar-refractivity contribution in [1.82, 2.24) is 14.5 Å². The number of nitrogens with one attached hydrogen (secondary N) is 1. The van der Waals surface area contributed by atoms with Gasteiger partial charge in [0.05, 0.1) is 13.7 Å². The van der Waals surface area contributed by atoms with E-state index in [-0.39, 0.29) is 11.8 Å². The number of carboxylic acid groups (broad SMARTS) is 1. The Morgan fingerprint density at radius 1 is 1.07 bits per heavy atom. The molecule has 1 aromatic heterocycles. The quantitative estimate of drug-likeness (QED) is 0.499. The molecule has 3 heterocycles. The fraction of sp³-hybridized carbons (Fsp3) is 0.333. The van der Waals surface area contributed by atoms with Gasteiger partial charge in [0, 0.05) is 49.6 Å². The number of halogens is 3. The molecular weight excluding hydrogens is 533 g/mol. The number of rotatable bonds is 4. The highest BCUT2D eigenvalue weighted by Crippen LogP contribution is 2.40. The lowest BCUT2D eigenvalue weighted by atomic mass is 9.88. The number of amides is 2. The number of benzene rings is 2. The number of likely N-dealkylation sites (tertiary alicyclic amines) is 1. The Hall–Kier alpha value is -4.39. The molecule has 10 nitrogen and oxygen atoms in total. The van der Waals surface area contributed by atoms with Crippen LogP contribution in [0.3, 0.4) is 0 Å². The van der Waals surface area contributed by atoms with E-state index >= 15 is 0 Å². The molecule has 3 aromatic rings. The summed E-state index contributed by atoms with van der Waals surface area (Å²) >= 11 is 0. The van der Waals surface area contributed by atoms with E-state index in [1.807, 2.05) is 46.0 Å². The van der Waals surface area contributed by atoms with Crippen molar-refractivity contribution in [2.24, 2.45) is 0 Å². The smallest absolute Gasteiger partial charge is 0.490 e. The molecule has 2 N–H and O–H groups in total. The maximum Gasteiger partial charge on any atom is 0.490 e. The number of aliphatic carboxylic acids is 1. The highest BCUT2D eigenvalue weighted by atomic mass is 19.4. The molecule has 13 heteroatoms. The SMILES string of the molecule is COc1ccc(C(=O)N2CCC3(CC2)OC(C(=O)Nc2ccccc2)Cn2ccnc23)cc1.O=C(O)C(F)(F)F. The van der Waals surface area contributed by atoms with Crippen LogP contribution < -0.4 is 10.1 Å². The minimum atomic E-state index is -5.08. The third-order valence-corrected chi connectivity index (χ3v) is 6.62. The summed E-state index contributed by atoms with van der Waals surface area (Å²) in [6.07, 6.45) is -0.956. The number of methoxy groups -OCH3 is 1. The summed E-state index contributed by atoms with van der Waals surface area (Å²) in [5.74, 6) is -1.43. The molecular formula is C27H27F3N4O6. The van der Waals surface area contributed by atoms with Crippen LogP contribution in [0.4, 0.5) is 18.9 Å². The van der Waals surface area contributed by atoms with Gasteiger partial charge in [-0.25, -0.2) is 9.78 Å². The molecule has 1 fully saturated rings. The molecule has 1 unspecified atom stereocenters. The lowest BCUT2D eigenvalue weighted by Crippen LogP contribution is -2.54. The maximum absolute atomic E-state index is 13.0. The predicted octanol–water partition coefficient (Wildman–Crippen LogP) is 3.69. The summed E-state index contributed by atoms with van der Waals surface area (Å²) in [5, 5.41) is 10.1. The Balaban J connectivity index is 0.000000470. The zero-order chi connectivity index (χ0) is 28.9. The number of carbonyl (C=O) groups excluding carboxylic acids is 2. The van der Waals surface area contributed by atoms with Crippen molar-refractivity contribution in [3.8, 4) is 5.75 Å². The van der Waals surface area contributed by atoms with Gasteiger partial charge < -0.3 is 29.4 Å². The first-order chi connectivity index (χ1) is 19.0. The van der Waals surface area contributed by atoms with Gasteiger partial charge in [-0.15, -0.1) is 0 Å². The number of alkyl halides is 3. The first-order valence-electron chi connectivity index (χ1n) is 12.3. The van der Waals surface area contributed by atoms with Crippen LogP contribution in [0.2, 0.25) is 0 Å². The average molecular weight is 561 g/mol. The zero-order valence-corrected chi connectivity index (χ0v) is 21.4. The second-order valence-corrected chi connectivity index (χ2v) is 9.18. The zero-order valence-electron chi connectivity index (χ0n) is 21.4. The number of nitrogens with zero attached hydrogens (tertiary/aromatic N) is 3. The van der Waals surface area contributed by atoms with E-state index in [0.29, 0.717) is 43.8 Å². The van der Waals surface area contributed by atoms with Crippen LogP contribution in [0.25, 0.3) is 0 Å². The number of ether oxygens (including phenoxy) is 2. The minimum Gasteiger partial charge on any atom is -0.497 e. The summed E-state index contributed by atoms with van der Waals surface area (Å²) in [7, 11) is 1.60. The molecule has 0 aliphatic carbocycles. The van der Waals surface area contributed by atoms with Crippen LogP contribution in [-0.4, -0.2) is 69.8 Å². The lowest BCUT2D eigenvalue weighted by molar-refractivity contribution is -0.192. The second kappa shape index (κ2) is 11.8. The van der Waals surface area contributed by atoms with Gasteiger partial charge in [0.25, 0.3) is 11.8 Å². The average Bonchev–Trinajstić information content (AvgIpc) is 3.43. The number of hydrogen-bond acceptors (Lipinski definition) is 6. The Bertz CT molecular complexity index is 1340.